The van der Waals surface area contributed by atoms with E-state index in [2.05, 4.69) is 17.8 Å². The lowest BCUT2D eigenvalue weighted by Crippen LogP contribution is -1.92. The summed E-state index contributed by atoms with van der Waals surface area (Å²) >= 11 is 4.10. The number of rotatable bonds is 2. The normalized spacial score (nSPS) is 23.2. The van der Waals surface area contributed by atoms with Crippen LogP contribution in [0.25, 0.3) is 0 Å². The maximum Gasteiger partial charge on any atom is 0.165 e. The van der Waals surface area contributed by atoms with Crippen LogP contribution in [0.3, 0.4) is 0 Å². The molecule has 1 aromatic heterocycles. The van der Waals surface area contributed by atoms with Crippen molar-refractivity contribution in [1.29, 1.82) is 0 Å². The van der Waals surface area contributed by atoms with E-state index >= 15 is 0 Å². The van der Waals surface area contributed by atoms with Gasteiger partial charge >= 0.3 is 0 Å². The second kappa shape index (κ2) is 3.49. The second-order valence-corrected chi connectivity index (χ2v) is 3.20. The zero-order valence-electron chi connectivity index (χ0n) is 6.69. The fourth-order valence-electron chi connectivity index (χ4n) is 1.36. The minimum atomic E-state index is 0.131. The van der Waals surface area contributed by atoms with Gasteiger partial charge in [0.1, 0.15) is 6.10 Å². The molecule has 3 nitrogen and oxygen atoms in total. The van der Waals surface area contributed by atoms with Crippen molar-refractivity contribution in [2.24, 2.45) is 0 Å². The first-order chi connectivity index (χ1) is 5.90. The molecule has 1 unspecified atom stereocenters. The highest BCUT2D eigenvalue weighted by atomic mass is 32.1. The van der Waals surface area contributed by atoms with E-state index in [1.807, 2.05) is 6.07 Å². The number of ether oxygens (including phenoxy) is 1. The molecule has 1 aliphatic heterocycles. The van der Waals surface area contributed by atoms with Crippen molar-refractivity contribution < 1.29 is 9.26 Å². The molecule has 1 aromatic rings. The molecule has 0 N–H and O–H groups in total. The van der Waals surface area contributed by atoms with Crippen LogP contribution in [0.5, 0.6) is 0 Å². The van der Waals surface area contributed by atoms with E-state index in [9.17, 15) is 0 Å². The van der Waals surface area contributed by atoms with Crippen molar-refractivity contribution in [3.05, 3.63) is 17.5 Å². The van der Waals surface area contributed by atoms with Gasteiger partial charge in [-0.25, -0.2) is 0 Å². The standard InChI is InChI=1S/C8H11NO2S/c12-5-6-4-8(11-9-6)7-2-1-3-10-7/h4,7,12H,1-3,5H2. The molecule has 1 fully saturated rings. The molecule has 1 aliphatic rings. The third kappa shape index (κ3) is 1.49. The van der Waals surface area contributed by atoms with Gasteiger partial charge in [-0.1, -0.05) is 5.16 Å². The van der Waals surface area contributed by atoms with Crippen molar-refractivity contribution in [2.75, 3.05) is 6.61 Å². The van der Waals surface area contributed by atoms with E-state index in [1.54, 1.807) is 0 Å². The highest BCUT2D eigenvalue weighted by molar-refractivity contribution is 7.79. The SMILES string of the molecule is SCc1cc(C2CCCO2)on1. The number of nitrogens with zero attached hydrogens (tertiary/aromatic N) is 1. The van der Waals surface area contributed by atoms with Crippen LogP contribution in [-0.4, -0.2) is 11.8 Å². The van der Waals surface area contributed by atoms with E-state index in [-0.39, 0.29) is 6.10 Å². The monoisotopic (exact) mass is 185 g/mol. The topological polar surface area (TPSA) is 35.3 Å². The van der Waals surface area contributed by atoms with Gasteiger partial charge in [0.2, 0.25) is 0 Å². The first-order valence-electron chi connectivity index (χ1n) is 4.08. The maximum atomic E-state index is 5.44. The van der Waals surface area contributed by atoms with Crippen LogP contribution in [0.15, 0.2) is 10.6 Å². The summed E-state index contributed by atoms with van der Waals surface area (Å²) in [5, 5.41) is 3.85. The van der Waals surface area contributed by atoms with Crippen LogP contribution in [0.4, 0.5) is 0 Å². The van der Waals surface area contributed by atoms with Crippen molar-refractivity contribution in [3.63, 3.8) is 0 Å². The summed E-state index contributed by atoms with van der Waals surface area (Å²) < 4.78 is 10.6. The Bertz CT molecular complexity index is 255. The Balaban J connectivity index is 2.11. The molecule has 0 amide bonds. The van der Waals surface area contributed by atoms with Gasteiger partial charge in [-0.05, 0) is 12.8 Å². The highest BCUT2D eigenvalue weighted by Crippen LogP contribution is 2.28. The third-order valence-corrected chi connectivity index (χ3v) is 2.31. The molecule has 12 heavy (non-hydrogen) atoms. The summed E-state index contributed by atoms with van der Waals surface area (Å²) in [4.78, 5) is 0. The van der Waals surface area contributed by atoms with E-state index in [0.717, 1.165) is 30.9 Å². The number of hydrogen-bond donors (Lipinski definition) is 1. The molecule has 0 aromatic carbocycles. The van der Waals surface area contributed by atoms with Crippen molar-refractivity contribution >= 4 is 12.6 Å². The van der Waals surface area contributed by atoms with Gasteiger partial charge in [0, 0.05) is 18.4 Å². The first kappa shape index (κ1) is 8.13. The fourth-order valence-corrected chi connectivity index (χ4v) is 1.51. The molecule has 0 radical (unpaired) electrons. The lowest BCUT2D eigenvalue weighted by molar-refractivity contribution is 0.0877. The van der Waals surface area contributed by atoms with Gasteiger partial charge in [0.05, 0.1) is 5.69 Å². The highest BCUT2D eigenvalue weighted by Gasteiger charge is 2.21. The Morgan fingerprint density at radius 1 is 1.67 bits per heavy atom. The van der Waals surface area contributed by atoms with Gasteiger partial charge in [-0.2, -0.15) is 12.6 Å². The minimum absolute atomic E-state index is 0.131. The Labute approximate surface area is 76.5 Å². The van der Waals surface area contributed by atoms with Gasteiger partial charge < -0.3 is 9.26 Å². The summed E-state index contributed by atoms with van der Waals surface area (Å²) in [5.74, 6) is 1.47. The molecule has 0 spiro atoms. The Hall–Kier alpha value is -0.480. The predicted octanol–water partition coefficient (Wildman–Crippen LogP) is 1.96. The zero-order chi connectivity index (χ0) is 8.39. The number of aromatic nitrogens is 1. The lowest BCUT2D eigenvalue weighted by atomic mass is 10.2. The van der Waals surface area contributed by atoms with E-state index in [4.69, 9.17) is 9.26 Å². The van der Waals surface area contributed by atoms with Crippen molar-refractivity contribution in [1.82, 2.24) is 5.16 Å². The van der Waals surface area contributed by atoms with Crippen LogP contribution in [-0.2, 0) is 10.5 Å². The number of hydrogen-bond acceptors (Lipinski definition) is 4. The summed E-state index contributed by atoms with van der Waals surface area (Å²) in [6.07, 6.45) is 2.29. The van der Waals surface area contributed by atoms with Gasteiger partial charge in [0.25, 0.3) is 0 Å². The first-order valence-corrected chi connectivity index (χ1v) is 4.71. The molecule has 4 heteroatoms. The molecular weight excluding hydrogens is 174 g/mol. The second-order valence-electron chi connectivity index (χ2n) is 2.88. The smallest absolute Gasteiger partial charge is 0.165 e. The Kier molecular flexibility index (Phi) is 2.37. The molecule has 0 bridgehead atoms. The van der Waals surface area contributed by atoms with Gasteiger partial charge in [-0.15, -0.1) is 0 Å². The fraction of sp³-hybridized carbons (Fsp3) is 0.625. The average molecular weight is 185 g/mol. The van der Waals surface area contributed by atoms with Crippen molar-refractivity contribution in [2.45, 2.75) is 24.7 Å². The van der Waals surface area contributed by atoms with E-state index in [0.29, 0.717) is 5.75 Å². The molecule has 66 valence electrons. The minimum Gasteiger partial charge on any atom is -0.370 e. The quantitative estimate of drug-likeness (QED) is 0.715. The Morgan fingerprint density at radius 3 is 3.17 bits per heavy atom. The van der Waals surface area contributed by atoms with Gasteiger partial charge in [0.15, 0.2) is 5.76 Å². The third-order valence-electron chi connectivity index (χ3n) is 1.99. The van der Waals surface area contributed by atoms with Crippen molar-refractivity contribution in [3.8, 4) is 0 Å². The summed E-state index contributed by atoms with van der Waals surface area (Å²) in [6, 6.07) is 1.92. The molecular formula is C8H11NO2S. The lowest BCUT2D eigenvalue weighted by Gasteiger charge is -2.01. The average Bonchev–Trinajstić information content (AvgIpc) is 2.75. The van der Waals surface area contributed by atoms with E-state index in [1.165, 1.54) is 0 Å². The summed E-state index contributed by atoms with van der Waals surface area (Å²) in [5.41, 5.74) is 0.879. The predicted molar refractivity (Wildman–Crippen MR) is 47.1 cm³/mol. The van der Waals surface area contributed by atoms with Crippen LogP contribution < -0.4 is 0 Å². The summed E-state index contributed by atoms with van der Waals surface area (Å²) in [6.45, 7) is 0.835. The molecule has 2 heterocycles. The number of thiol groups is 1. The van der Waals surface area contributed by atoms with Crippen LogP contribution >= 0.6 is 12.6 Å². The molecule has 0 aliphatic carbocycles. The van der Waals surface area contributed by atoms with E-state index < -0.39 is 0 Å². The molecule has 1 saturated heterocycles. The molecule has 2 rings (SSSR count). The van der Waals surface area contributed by atoms with Gasteiger partial charge in [-0.3, -0.25) is 0 Å². The molecule has 1 atom stereocenters. The van der Waals surface area contributed by atoms with Crippen LogP contribution in [0, 0.1) is 0 Å². The maximum absolute atomic E-state index is 5.44. The molecule has 0 saturated carbocycles. The Morgan fingerprint density at radius 2 is 2.58 bits per heavy atom. The largest absolute Gasteiger partial charge is 0.370 e. The van der Waals surface area contributed by atoms with Crippen LogP contribution in [0.1, 0.15) is 30.4 Å². The van der Waals surface area contributed by atoms with Crippen LogP contribution in [0.2, 0.25) is 0 Å². The summed E-state index contributed by atoms with van der Waals surface area (Å²) in [7, 11) is 0. The zero-order valence-corrected chi connectivity index (χ0v) is 7.59.